The summed E-state index contributed by atoms with van der Waals surface area (Å²) in [6, 6.07) is 3.60. The molecule has 1 fully saturated rings. The van der Waals surface area contributed by atoms with E-state index in [4.69, 9.17) is 11.6 Å². The van der Waals surface area contributed by atoms with E-state index in [-0.39, 0.29) is 5.78 Å². The third-order valence-corrected chi connectivity index (χ3v) is 3.29. The highest BCUT2D eigenvalue weighted by molar-refractivity contribution is 7.18. The first-order chi connectivity index (χ1) is 5.75. The summed E-state index contributed by atoms with van der Waals surface area (Å²) in [4.78, 5) is 12.3. The Morgan fingerprint density at radius 2 is 2.33 bits per heavy atom. The van der Waals surface area contributed by atoms with E-state index in [0.717, 1.165) is 11.3 Å². The summed E-state index contributed by atoms with van der Waals surface area (Å²) < 4.78 is 0.703. The Balaban J connectivity index is 2.03. The number of thiophene rings is 1. The van der Waals surface area contributed by atoms with Gasteiger partial charge in [0.2, 0.25) is 0 Å². The predicted octanol–water partition coefficient (Wildman–Crippen LogP) is 3.38. The molecule has 2 rings (SSSR count). The predicted molar refractivity (Wildman–Crippen MR) is 51.0 cm³/mol. The van der Waals surface area contributed by atoms with Crippen molar-refractivity contribution in [2.75, 3.05) is 0 Å². The molecule has 0 atom stereocenters. The number of halogens is 1. The zero-order chi connectivity index (χ0) is 8.55. The maximum atomic E-state index is 11.5. The van der Waals surface area contributed by atoms with E-state index in [9.17, 15) is 4.79 Å². The van der Waals surface area contributed by atoms with Gasteiger partial charge in [0.05, 0.1) is 9.21 Å². The van der Waals surface area contributed by atoms with Crippen molar-refractivity contribution in [3.63, 3.8) is 0 Å². The molecule has 1 heterocycles. The Morgan fingerprint density at radius 3 is 2.83 bits per heavy atom. The number of rotatable bonds is 3. The van der Waals surface area contributed by atoms with Gasteiger partial charge in [0.15, 0.2) is 5.78 Å². The van der Waals surface area contributed by atoms with Crippen molar-refractivity contribution in [1.29, 1.82) is 0 Å². The summed E-state index contributed by atoms with van der Waals surface area (Å²) in [5.74, 6) is 0.924. The molecule has 3 heteroatoms. The molecule has 12 heavy (non-hydrogen) atoms. The van der Waals surface area contributed by atoms with E-state index in [2.05, 4.69) is 0 Å². The molecule has 0 aliphatic heterocycles. The van der Waals surface area contributed by atoms with Gasteiger partial charge in [-0.1, -0.05) is 11.6 Å². The number of carbonyl (C=O) groups is 1. The zero-order valence-electron chi connectivity index (χ0n) is 6.55. The first-order valence-corrected chi connectivity index (χ1v) is 5.23. The fourth-order valence-electron chi connectivity index (χ4n) is 1.15. The smallest absolute Gasteiger partial charge is 0.173 e. The molecule has 1 nitrogen and oxygen atoms in total. The first-order valence-electron chi connectivity index (χ1n) is 4.04. The molecule has 1 saturated carbocycles. The SMILES string of the molecule is O=C(CC1CC1)c1ccc(Cl)s1. The Morgan fingerprint density at radius 1 is 1.58 bits per heavy atom. The molecule has 1 aromatic rings. The van der Waals surface area contributed by atoms with Crippen molar-refractivity contribution >= 4 is 28.7 Å². The monoisotopic (exact) mass is 200 g/mol. The lowest BCUT2D eigenvalue weighted by Crippen LogP contribution is -1.96. The van der Waals surface area contributed by atoms with Crippen molar-refractivity contribution in [2.24, 2.45) is 5.92 Å². The van der Waals surface area contributed by atoms with Crippen LogP contribution in [0.15, 0.2) is 12.1 Å². The van der Waals surface area contributed by atoms with Gasteiger partial charge in [-0.25, -0.2) is 0 Å². The number of Topliss-reactive ketones (excluding diaryl/α,β-unsaturated/α-hetero) is 1. The molecule has 1 aliphatic rings. The molecule has 0 N–H and O–H groups in total. The van der Waals surface area contributed by atoms with Crippen molar-refractivity contribution in [3.05, 3.63) is 21.3 Å². The van der Waals surface area contributed by atoms with E-state index in [0.29, 0.717) is 10.3 Å². The van der Waals surface area contributed by atoms with Crippen molar-refractivity contribution in [1.82, 2.24) is 0 Å². The second-order valence-electron chi connectivity index (χ2n) is 3.17. The molecular formula is C9H9ClOS. The lowest BCUT2D eigenvalue weighted by molar-refractivity contribution is 0.0980. The molecule has 0 bridgehead atoms. The van der Waals surface area contributed by atoms with Crippen molar-refractivity contribution in [2.45, 2.75) is 19.3 Å². The molecule has 0 unspecified atom stereocenters. The molecule has 1 aromatic heterocycles. The fourth-order valence-corrected chi connectivity index (χ4v) is 2.14. The maximum Gasteiger partial charge on any atom is 0.173 e. The highest BCUT2D eigenvalue weighted by Gasteiger charge is 2.25. The number of hydrogen-bond acceptors (Lipinski definition) is 2. The third kappa shape index (κ3) is 1.87. The zero-order valence-corrected chi connectivity index (χ0v) is 8.12. The highest BCUT2D eigenvalue weighted by Crippen LogP contribution is 2.34. The lowest BCUT2D eigenvalue weighted by atomic mass is 10.2. The molecule has 0 radical (unpaired) electrons. The van der Waals surface area contributed by atoms with Crippen LogP contribution in [0.2, 0.25) is 4.34 Å². The average molecular weight is 201 g/mol. The molecule has 0 amide bonds. The van der Waals surface area contributed by atoms with Crippen LogP contribution in [0.4, 0.5) is 0 Å². The summed E-state index contributed by atoms with van der Waals surface area (Å²) in [7, 11) is 0. The quantitative estimate of drug-likeness (QED) is 0.684. The molecule has 0 aromatic carbocycles. The van der Waals surface area contributed by atoms with Gasteiger partial charge in [-0.15, -0.1) is 11.3 Å². The fraction of sp³-hybridized carbons (Fsp3) is 0.444. The Kier molecular flexibility index (Phi) is 2.20. The summed E-state index contributed by atoms with van der Waals surface area (Å²) in [5, 5.41) is 0. The lowest BCUT2D eigenvalue weighted by Gasteiger charge is -1.92. The van der Waals surface area contributed by atoms with Crippen molar-refractivity contribution in [3.8, 4) is 0 Å². The molecular weight excluding hydrogens is 192 g/mol. The summed E-state index contributed by atoms with van der Waals surface area (Å²) >= 11 is 7.10. The van der Waals surface area contributed by atoms with Gasteiger partial charge in [0, 0.05) is 6.42 Å². The maximum absolute atomic E-state index is 11.5. The van der Waals surface area contributed by atoms with Gasteiger partial charge in [0.1, 0.15) is 0 Å². The molecule has 1 aliphatic carbocycles. The summed E-state index contributed by atoms with van der Waals surface area (Å²) in [6.07, 6.45) is 3.17. The van der Waals surface area contributed by atoms with Crippen LogP contribution in [0.3, 0.4) is 0 Å². The molecule has 0 saturated heterocycles. The Hall–Kier alpha value is -0.340. The third-order valence-electron chi connectivity index (χ3n) is 2.02. The topological polar surface area (TPSA) is 17.1 Å². The normalized spacial score (nSPS) is 16.4. The van der Waals surface area contributed by atoms with Gasteiger partial charge in [0.25, 0.3) is 0 Å². The van der Waals surface area contributed by atoms with Crippen molar-refractivity contribution < 1.29 is 4.79 Å². The van der Waals surface area contributed by atoms with E-state index < -0.39 is 0 Å². The Labute approximate surface area is 80.4 Å². The highest BCUT2D eigenvalue weighted by atomic mass is 35.5. The van der Waals surface area contributed by atoms with Crippen LogP contribution >= 0.6 is 22.9 Å². The van der Waals surface area contributed by atoms with Crippen LogP contribution in [-0.2, 0) is 0 Å². The van der Waals surface area contributed by atoms with Gasteiger partial charge in [-0.2, -0.15) is 0 Å². The average Bonchev–Trinajstić information content (AvgIpc) is 2.72. The van der Waals surface area contributed by atoms with Gasteiger partial charge >= 0.3 is 0 Å². The summed E-state index contributed by atoms with van der Waals surface area (Å²) in [5.41, 5.74) is 0. The molecule has 64 valence electrons. The number of hydrogen-bond donors (Lipinski definition) is 0. The largest absolute Gasteiger partial charge is 0.293 e. The van der Waals surface area contributed by atoms with Crippen LogP contribution in [0.5, 0.6) is 0 Å². The Bertz CT molecular complexity index is 301. The van der Waals surface area contributed by atoms with Gasteiger partial charge < -0.3 is 0 Å². The first kappa shape index (κ1) is 8.27. The number of ketones is 1. The minimum absolute atomic E-state index is 0.259. The van der Waals surface area contributed by atoms with E-state index in [1.807, 2.05) is 6.07 Å². The number of carbonyl (C=O) groups excluding carboxylic acids is 1. The van der Waals surface area contributed by atoms with Crippen LogP contribution in [0.1, 0.15) is 28.9 Å². The second-order valence-corrected chi connectivity index (χ2v) is 4.89. The minimum atomic E-state index is 0.259. The summed E-state index contributed by atoms with van der Waals surface area (Å²) in [6.45, 7) is 0. The van der Waals surface area contributed by atoms with Gasteiger partial charge in [-0.05, 0) is 30.9 Å². The molecule has 0 spiro atoms. The van der Waals surface area contributed by atoms with Gasteiger partial charge in [-0.3, -0.25) is 4.79 Å². The van der Waals surface area contributed by atoms with Crippen LogP contribution in [0.25, 0.3) is 0 Å². The van der Waals surface area contributed by atoms with E-state index in [1.165, 1.54) is 24.2 Å². The standard InChI is InChI=1S/C9H9ClOS/c10-9-4-3-8(12-9)7(11)5-6-1-2-6/h3-4,6H,1-2,5H2. The minimum Gasteiger partial charge on any atom is -0.293 e. The van der Waals surface area contributed by atoms with Crippen LogP contribution in [-0.4, -0.2) is 5.78 Å². The second kappa shape index (κ2) is 3.19. The van der Waals surface area contributed by atoms with Crippen LogP contribution < -0.4 is 0 Å². The van der Waals surface area contributed by atoms with E-state index >= 15 is 0 Å². The van der Waals surface area contributed by atoms with E-state index in [1.54, 1.807) is 6.07 Å². The van der Waals surface area contributed by atoms with Crippen LogP contribution in [0, 0.1) is 5.92 Å².